The number of benzene rings is 2. The van der Waals surface area contributed by atoms with Gasteiger partial charge in [0, 0.05) is 31.4 Å². The van der Waals surface area contributed by atoms with Crippen LogP contribution in [-0.4, -0.2) is 48.1 Å². The molecule has 26 heavy (non-hydrogen) atoms. The first-order valence-electron chi connectivity index (χ1n) is 9.71. The Labute approximate surface area is 155 Å². The van der Waals surface area contributed by atoms with Gasteiger partial charge in [-0.05, 0) is 49.4 Å². The van der Waals surface area contributed by atoms with E-state index in [-0.39, 0.29) is 6.03 Å². The van der Waals surface area contributed by atoms with Crippen molar-refractivity contribution in [1.29, 1.82) is 0 Å². The predicted octanol–water partition coefficient (Wildman–Crippen LogP) is 3.98. The molecule has 0 unspecified atom stereocenters. The predicted molar refractivity (Wildman–Crippen MR) is 105 cm³/mol. The second kappa shape index (κ2) is 7.92. The van der Waals surface area contributed by atoms with E-state index in [2.05, 4.69) is 40.5 Å². The van der Waals surface area contributed by atoms with E-state index in [1.807, 2.05) is 29.2 Å². The molecule has 4 rings (SSSR count). The lowest BCUT2D eigenvalue weighted by molar-refractivity contribution is 0.200. The fraction of sp³-hybridized carbons (Fsp3) is 0.409. The molecule has 2 fully saturated rings. The third-order valence-electron chi connectivity index (χ3n) is 5.59. The molecule has 0 aliphatic carbocycles. The van der Waals surface area contributed by atoms with Crippen LogP contribution in [0.2, 0.25) is 0 Å². The van der Waals surface area contributed by atoms with Crippen LogP contribution in [0.5, 0.6) is 0 Å². The minimum atomic E-state index is 0.0410. The Kier molecular flexibility index (Phi) is 5.21. The number of amides is 2. The Morgan fingerprint density at radius 3 is 2.62 bits per heavy atom. The molecule has 0 aromatic heterocycles. The SMILES string of the molecule is O=C(Nc1ccccc1Cc1ccccc1)N1CCCN2CCC[C@H]2C1. The highest BCUT2D eigenvalue weighted by Crippen LogP contribution is 2.23. The molecule has 136 valence electrons. The molecule has 4 heteroatoms. The molecule has 1 atom stereocenters. The van der Waals surface area contributed by atoms with Crippen LogP contribution in [0.15, 0.2) is 54.6 Å². The van der Waals surface area contributed by atoms with Crippen molar-refractivity contribution in [3.05, 3.63) is 65.7 Å². The molecule has 2 amide bonds. The number of hydrogen-bond acceptors (Lipinski definition) is 2. The van der Waals surface area contributed by atoms with Crippen LogP contribution in [0.25, 0.3) is 0 Å². The molecule has 2 heterocycles. The second-order valence-electron chi connectivity index (χ2n) is 7.38. The van der Waals surface area contributed by atoms with Gasteiger partial charge in [0.1, 0.15) is 0 Å². The zero-order valence-electron chi connectivity index (χ0n) is 15.2. The lowest BCUT2D eigenvalue weighted by Crippen LogP contribution is -2.41. The Hall–Kier alpha value is -2.33. The highest BCUT2D eigenvalue weighted by Gasteiger charge is 2.30. The summed E-state index contributed by atoms with van der Waals surface area (Å²) < 4.78 is 0. The monoisotopic (exact) mass is 349 g/mol. The van der Waals surface area contributed by atoms with Crippen molar-refractivity contribution in [2.75, 3.05) is 31.5 Å². The lowest BCUT2D eigenvalue weighted by Gasteiger charge is -2.26. The minimum Gasteiger partial charge on any atom is -0.323 e. The molecule has 0 radical (unpaired) electrons. The first-order valence-corrected chi connectivity index (χ1v) is 9.71. The zero-order chi connectivity index (χ0) is 17.8. The quantitative estimate of drug-likeness (QED) is 0.910. The molecule has 0 saturated carbocycles. The van der Waals surface area contributed by atoms with Crippen molar-refractivity contribution in [1.82, 2.24) is 9.80 Å². The molecular formula is C22H27N3O. The number of nitrogens with zero attached hydrogens (tertiary/aromatic N) is 2. The molecule has 4 nitrogen and oxygen atoms in total. The number of fused-ring (bicyclic) bond motifs is 1. The highest BCUT2D eigenvalue weighted by atomic mass is 16.2. The van der Waals surface area contributed by atoms with Gasteiger partial charge >= 0.3 is 6.03 Å². The van der Waals surface area contributed by atoms with Crippen molar-refractivity contribution in [2.45, 2.75) is 31.7 Å². The number of para-hydroxylation sites is 1. The van der Waals surface area contributed by atoms with Crippen LogP contribution in [0.3, 0.4) is 0 Å². The smallest absolute Gasteiger partial charge is 0.321 e. The molecular weight excluding hydrogens is 322 g/mol. The first kappa shape index (κ1) is 17.1. The third-order valence-corrected chi connectivity index (χ3v) is 5.59. The summed E-state index contributed by atoms with van der Waals surface area (Å²) in [5.41, 5.74) is 3.34. The number of anilines is 1. The summed E-state index contributed by atoms with van der Waals surface area (Å²) in [7, 11) is 0. The maximum absolute atomic E-state index is 12.9. The average molecular weight is 349 g/mol. The summed E-state index contributed by atoms with van der Waals surface area (Å²) in [6.07, 6.45) is 4.37. The third kappa shape index (κ3) is 3.91. The molecule has 2 aliphatic heterocycles. The van der Waals surface area contributed by atoms with E-state index in [0.717, 1.165) is 43.7 Å². The van der Waals surface area contributed by atoms with Gasteiger partial charge in [-0.3, -0.25) is 4.90 Å². The maximum Gasteiger partial charge on any atom is 0.321 e. The number of carbonyl (C=O) groups is 1. The lowest BCUT2D eigenvalue weighted by atomic mass is 10.0. The van der Waals surface area contributed by atoms with Gasteiger partial charge in [-0.1, -0.05) is 48.5 Å². The Morgan fingerprint density at radius 1 is 0.962 bits per heavy atom. The summed E-state index contributed by atoms with van der Waals surface area (Å²) in [6, 6.07) is 19.1. The molecule has 2 aliphatic rings. The number of urea groups is 1. The van der Waals surface area contributed by atoms with Crippen LogP contribution in [0.4, 0.5) is 10.5 Å². The molecule has 2 aromatic carbocycles. The Balaban J connectivity index is 1.45. The van der Waals surface area contributed by atoms with Gasteiger partial charge in [-0.2, -0.15) is 0 Å². The van der Waals surface area contributed by atoms with Gasteiger partial charge in [0.25, 0.3) is 0 Å². The van der Waals surface area contributed by atoms with Gasteiger partial charge in [-0.25, -0.2) is 4.79 Å². The molecule has 2 saturated heterocycles. The summed E-state index contributed by atoms with van der Waals surface area (Å²) in [4.78, 5) is 17.5. The van der Waals surface area contributed by atoms with Crippen LogP contribution >= 0.6 is 0 Å². The van der Waals surface area contributed by atoms with E-state index in [1.165, 1.54) is 24.9 Å². The zero-order valence-corrected chi connectivity index (χ0v) is 15.2. The Morgan fingerprint density at radius 2 is 1.73 bits per heavy atom. The van der Waals surface area contributed by atoms with Gasteiger partial charge in [-0.15, -0.1) is 0 Å². The van der Waals surface area contributed by atoms with E-state index in [9.17, 15) is 4.79 Å². The van der Waals surface area contributed by atoms with Crippen LogP contribution in [0.1, 0.15) is 30.4 Å². The van der Waals surface area contributed by atoms with Crippen molar-refractivity contribution < 1.29 is 4.79 Å². The normalized spacial score (nSPS) is 20.5. The molecule has 0 spiro atoms. The van der Waals surface area contributed by atoms with Crippen LogP contribution in [0, 0.1) is 0 Å². The van der Waals surface area contributed by atoms with Crippen molar-refractivity contribution >= 4 is 11.7 Å². The van der Waals surface area contributed by atoms with E-state index in [4.69, 9.17) is 0 Å². The van der Waals surface area contributed by atoms with Gasteiger partial charge in [0.15, 0.2) is 0 Å². The minimum absolute atomic E-state index is 0.0410. The molecule has 1 N–H and O–H groups in total. The van der Waals surface area contributed by atoms with Gasteiger partial charge < -0.3 is 10.2 Å². The summed E-state index contributed by atoms with van der Waals surface area (Å²) in [6.45, 7) is 4.02. The maximum atomic E-state index is 12.9. The largest absolute Gasteiger partial charge is 0.323 e. The van der Waals surface area contributed by atoms with Crippen molar-refractivity contribution in [2.24, 2.45) is 0 Å². The summed E-state index contributed by atoms with van der Waals surface area (Å²) >= 11 is 0. The van der Waals surface area contributed by atoms with Crippen LogP contribution in [-0.2, 0) is 6.42 Å². The summed E-state index contributed by atoms with van der Waals surface area (Å²) in [5.74, 6) is 0. The van der Waals surface area contributed by atoms with Crippen molar-refractivity contribution in [3.8, 4) is 0 Å². The number of hydrogen-bond donors (Lipinski definition) is 1. The van der Waals surface area contributed by atoms with E-state index in [1.54, 1.807) is 0 Å². The molecule has 0 bridgehead atoms. The van der Waals surface area contributed by atoms with E-state index >= 15 is 0 Å². The second-order valence-corrected chi connectivity index (χ2v) is 7.38. The fourth-order valence-electron chi connectivity index (χ4n) is 4.20. The van der Waals surface area contributed by atoms with E-state index in [0.29, 0.717) is 6.04 Å². The van der Waals surface area contributed by atoms with Gasteiger partial charge in [0.05, 0.1) is 0 Å². The molecule has 2 aromatic rings. The topological polar surface area (TPSA) is 35.6 Å². The van der Waals surface area contributed by atoms with Crippen LogP contribution < -0.4 is 5.32 Å². The number of rotatable bonds is 3. The van der Waals surface area contributed by atoms with E-state index < -0.39 is 0 Å². The van der Waals surface area contributed by atoms with Gasteiger partial charge in [0.2, 0.25) is 0 Å². The number of nitrogens with one attached hydrogen (secondary N) is 1. The fourth-order valence-corrected chi connectivity index (χ4v) is 4.20. The summed E-state index contributed by atoms with van der Waals surface area (Å²) in [5, 5.41) is 3.18. The average Bonchev–Trinajstić information content (AvgIpc) is 3.01. The standard InChI is InChI=1S/C22H27N3O/c26-22(25-15-7-14-24-13-6-11-20(24)17-25)23-21-12-5-4-10-19(21)16-18-8-2-1-3-9-18/h1-5,8-10,12,20H,6-7,11,13-17H2,(H,23,26)/t20-/m0/s1. The first-order chi connectivity index (χ1) is 12.8. The van der Waals surface area contributed by atoms with Crippen molar-refractivity contribution in [3.63, 3.8) is 0 Å². The Bertz CT molecular complexity index is 746. The highest BCUT2D eigenvalue weighted by molar-refractivity contribution is 5.90. The number of carbonyl (C=O) groups excluding carboxylic acids is 1.